The van der Waals surface area contributed by atoms with Crippen molar-refractivity contribution in [3.05, 3.63) is 29.8 Å². The van der Waals surface area contributed by atoms with Gasteiger partial charge in [-0.1, -0.05) is 13.0 Å². The van der Waals surface area contributed by atoms with E-state index >= 15 is 0 Å². The first-order chi connectivity index (χ1) is 8.74. The van der Waals surface area contributed by atoms with Crippen LogP contribution >= 0.6 is 0 Å². The fourth-order valence-electron chi connectivity index (χ4n) is 1.56. The number of carboxylic acids is 1. The van der Waals surface area contributed by atoms with Gasteiger partial charge in [-0.05, 0) is 50.6 Å². The zero-order valence-corrected chi connectivity index (χ0v) is 10.8. The van der Waals surface area contributed by atoms with Gasteiger partial charge in [-0.15, -0.1) is 0 Å². The van der Waals surface area contributed by atoms with Crippen molar-refractivity contribution in [2.75, 3.05) is 19.7 Å². The molecule has 1 aromatic rings. The van der Waals surface area contributed by atoms with Crippen LogP contribution in [0.4, 0.5) is 0 Å². The van der Waals surface area contributed by atoms with Gasteiger partial charge in [-0.3, -0.25) is 0 Å². The molecule has 0 atom stereocenters. The number of hydrogen-bond acceptors (Lipinski definition) is 3. The van der Waals surface area contributed by atoms with E-state index in [1.807, 2.05) is 0 Å². The highest BCUT2D eigenvalue weighted by atomic mass is 16.5. The highest BCUT2D eigenvalue weighted by molar-refractivity contribution is 5.87. The van der Waals surface area contributed by atoms with Crippen molar-refractivity contribution in [3.63, 3.8) is 0 Å². The second-order valence-corrected chi connectivity index (χ2v) is 4.14. The van der Waals surface area contributed by atoms with Gasteiger partial charge in [0.25, 0.3) is 0 Å². The molecule has 18 heavy (non-hydrogen) atoms. The lowest BCUT2D eigenvalue weighted by Crippen LogP contribution is -2.16. The number of carbonyl (C=O) groups is 1. The zero-order valence-electron chi connectivity index (χ0n) is 10.8. The fraction of sp³-hybridized carbons (Fsp3) is 0.500. The number of unbranched alkanes of at least 4 members (excludes halogenated alkanes) is 1. The SMILES string of the molecule is CCCNCCCCOc1cccc(C(=O)O)c1. The molecule has 0 aliphatic rings. The second-order valence-electron chi connectivity index (χ2n) is 4.14. The molecule has 1 rings (SSSR count). The van der Waals surface area contributed by atoms with Gasteiger partial charge in [0.2, 0.25) is 0 Å². The molecule has 0 saturated heterocycles. The predicted molar refractivity (Wildman–Crippen MR) is 71.3 cm³/mol. The van der Waals surface area contributed by atoms with Crippen LogP contribution in [-0.4, -0.2) is 30.8 Å². The van der Waals surface area contributed by atoms with Crippen molar-refractivity contribution in [1.82, 2.24) is 5.32 Å². The van der Waals surface area contributed by atoms with Crippen LogP contribution in [0.5, 0.6) is 5.75 Å². The molecule has 0 fully saturated rings. The molecule has 0 aromatic heterocycles. The minimum absolute atomic E-state index is 0.261. The Labute approximate surface area is 108 Å². The number of benzene rings is 1. The van der Waals surface area contributed by atoms with E-state index in [2.05, 4.69) is 12.2 Å². The van der Waals surface area contributed by atoms with E-state index in [-0.39, 0.29) is 5.56 Å². The molecule has 0 spiro atoms. The summed E-state index contributed by atoms with van der Waals surface area (Å²) in [4.78, 5) is 10.8. The maximum Gasteiger partial charge on any atom is 0.335 e. The Morgan fingerprint density at radius 1 is 1.33 bits per heavy atom. The largest absolute Gasteiger partial charge is 0.494 e. The zero-order chi connectivity index (χ0) is 13.2. The summed E-state index contributed by atoms with van der Waals surface area (Å²) in [5.74, 6) is -0.305. The Kier molecular flexibility index (Phi) is 6.87. The summed E-state index contributed by atoms with van der Waals surface area (Å²) >= 11 is 0. The first kappa shape index (κ1) is 14.5. The van der Waals surface area contributed by atoms with Gasteiger partial charge in [0.15, 0.2) is 0 Å². The minimum atomic E-state index is -0.927. The van der Waals surface area contributed by atoms with Gasteiger partial charge < -0.3 is 15.2 Å². The van der Waals surface area contributed by atoms with Gasteiger partial charge in [-0.25, -0.2) is 4.79 Å². The molecule has 4 heteroatoms. The Hall–Kier alpha value is -1.55. The van der Waals surface area contributed by atoms with Crippen molar-refractivity contribution in [1.29, 1.82) is 0 Å². The third kappa shape index (κ3) is 5.68. The Morgan fingerprint density at radius 3 is 2.89 bits per heavy atom. The third-order valence-corrected chi connectivity index (χ3v) is 2.52. The van der Waals surface area contributed by atoms with Gasteiger partial charge in [0.05, 0.1) is 12.2 Å². The van der Waals surface area contributed by atoms with Crippen LogP contribution in [-0.2, 0) is 0 Å². The normalized spacial score (nSPS) is 10.3. The van der Waals surface area contributed by atoms with E-state index in [0.29, 0.717) is 12.4 Å². The molecular weight excluding hydrogens is 230 g/mol. The first-order valence-electron chi connectivity index (χ1n) is 6.41. The van der Waals surface area contributed by atoms with E-state index in [9.17, 15) is 4.79 Å². The molecular formula is C14H21NO3. The van der Waals surface area contributed by atoms with Gasteiger partial charge in [-0.2, -0.15) is 0 Å². The summed E-state index contributed by atoms with van der Waals surface area (Å²) in [5, 5.41) is 12.2. The predicted octanol–water partition coefficient (Wildman–Crippen LogP) is 2.54. The highest BCUT2D eigenvalue weighted by Crippen LogP contribution is 2.13. The maximum atomic E-state index is 10.8. The smallest absolute Gasteiger partial charge is 0.335 e. The minimum Gasteiger partial charge on any atom is -0.494 e. The Morgan fingerprint density at radius 2 is 2.17 bits per heavy atom. The molecule has 0 aliphatic carbocycles. The summed E-state index contributed by atoms with van der Waals surface area (Å²) in [6.45, 7) is 4.83. The number of aromatic carboxylic acids is 1. The van der Waals surface area contributed by atoms with E-state index in [1.165, 1.54) is 0 Å². The summed E-state index contributed by atoms with van der Waals surface area (Å²) in [7, 11) is 0. The number of hydrogen-bond donors (Lipinski definition) is 2. The summed E-state index contributed by atoms with van der Waals surface area (Å²) in [5.41, 5.74) is 0.261. The number of ether oxygens (including phenoxy) is 1. The van der Waals surface area contributed by atoms with Crippen molar-refractivity contribution in [2.24, 2.45) is 0 Å². The summed E-state index contributed by atoms with van der Waals surface area (Å²) in [6, 6.07) is 6.59. The highest BCUT2D eigenvalue weighted by Gasteiger charge is 2.03. The summed E-state index contributed by atoms with van der Waals surface area (Å²) < 4.78 is 5.51. The van der Waals surface area contributed by atoms with Crippen LogP contribution < -0.4 is 10.1 Å². The van der Waals surface area contributed by atoms with Crippen LogP contribution in [0.1, 0.15) is 36.5 Å². The van der Waals surface area contributed by atoms with Crippen LogP contribution in [0.2, 0.25) is 0 Å². The molecule has 0 unspecified atom stereocenters. The lowest BCUT2D eigenvalue weighted by molar-refractivity contribution is 0.0696. The quantitative estimate of drug-likeness (QED) is 0.662. The van der Waals surface area contributed by atoms with Crippen LogP contribution in [0.15, 0.2) is 24.3 Å². The van der Waals surface area contributed by atoms with Crippen molar-refractivity contribution in [2.45, 2.75) is 26.2 Å². The van der Waals surface area contributed by atoms with Gasteiger partial charge in [0.1, 0.15) is 5.75 Å². The molecule has 4 nitrogen and oxygen atoms in total. The summed E-state index contributed by atoms with van der Waals surface area (Å²) in [6.07, 6.45) is 3.19. The average molecular weight is 251 g/mol. The Balaban J connectivity index is 2.19. The molecule has 0 radical (unpaired) electrons. The Bertz CT molecular complexity index is 366. The van der Waals surface area contributed by atoms with Crippen molar-refractivity contribution < 1.29 is 14.6 Å². The molecule has 0 amide bonds. The van der Waals surface area contributed by atoms with E-state index in [0.717, 1.165) is 32.4 Å². The lowest BCUT2D eigenvalue weighted by Gasteiger charge is -2.07. The monoisotopic (exact) mass is 251 g/mol. The standard InChI is InChI=1S/C14H21NO3/c1-2-8-15-9-3-4-10-18-13-7-5-6-12(11-13)14(16)17/h5-7,11,15H,2-4,8-10H2,1H3,(H,16,17). The molecule has 0 saturated carbocycles. The molecule has 0 bridgehead atoms. The molecule has 0 aliphatic heterocycles. The fourth-order valence-corrected chi connectivity index (χ4v) is 1.56. The molecule has 1 aromatic carbocycles. The number of carboxylic acid groups (broad SMARTS) is 1. The number of nitrogens with one attached hydrogen (secondary N) is 1. The average Bonchev–Trinajstić information content (AvgIpc) is 2.38. The third-order valence-electron chi connectivity index (χ3n) is 2.52. The molecule has 2 N–H and O–H groups in total. The van der Waals surface area contributed by atoms with E-state index < -0.39 is 5.97 Å². The number of rotatable bonds is 9. The second kappa shape index (κ2) is 8.53. The van der Waals surface area contributed by atoms with E-state index in [1.54, 1.807) is 24.3 Å². The van der Waals surface area contributed by atoms with Crippen LogP contribution in [0, 0.1) is 0 Å². The van der Waals surface area contributed by atoms with Crippen LogP contribution in [0.25, 0.3) is 0 Å². The maximum absolute atomic E-state index is 10.8. The van der Waals surface area contributed by atoms with Gasteiger partial charge >= 0.3 is 5.97 Å². The van der Waals surface area contributed by atoms with Crippen LogP contribution in [0.3, 0.4) is 0 Å². The van der Waals surface area contributed by atoms with Crippen molar-refractivity contribution in [3.8, 4) is 5.75 Å². The first-order valence-corrected chi connectivity index (χ1v) is 6.41. The molecule has 0 heterocycles. The topological polar surface area (TPSA) is 58.6 Å². The molecule has 100 valence electrons. The van der Waals surface area contributed by atoms with Gasteiger partial charge in [0, 0.05) is 0 Å². The van der Waals surface area contributed by atoms with E-state index in [4.69, 9.17) is 9.84 Å². The van der Waals surface area contributed by atoms with Crippen molar-refractivity contribution >= 4 is 5.97 Å². The lowest BCUT2D eigenvalue weighted by atomic mass is 10.2.